The molecule has 0 fully saturated rings. The molecule has 29 heavy (non-hydrogen) atoms. The number of carbonyl (C=O) groups is 2. The number of nitrogens with one attached hydrogen (secondary N) is 2. The number of thioether (sulfide) groups is 1. The number of hydrogen-bond acceptors (Lipinski definition) is 3. The van der Waals surface area contributed by atoms with Crippen LogP contribution in [0, 0.1) is 5.82 Å². The molecule has 0 aromatic heterocycles. The Morgan fingerprint density at radius 1 is 1.00 bits per heavy atom. The summed E-state index contributed by atoms with van der Waals surface area (Å²) in [4.78, 5) is 25.2. The Bertz CT molecular complexity index is 1060. The van der Waals surface area contributed by atoms with Crippen LogP contribution in [0.4, 0.5) is 15.8 Å². The van der Waals surface area contributed by atoms with Gasteiger partial charge in [-0.05, 0) is 54.6 Å². The molecule has 0 radical (unpaired) electrons. The van der Waals surface area contributed by atoms with Gasteiger partial charge in [0.2, 0.25) is 5.91 Å². The van der Waals surface area contributed by atoms with E-state index in [0.29, 0.717) is 20.7 Å². The fourth-order valence-electron chi connectivity index (χ4n) is 2.42. The molecule has 148 valence electrons. The summed E-state index contributed by atoms with van der Waals surface area (Å²) >= 11 is 10.4. The number of benzene rings is 3. The molecule has 3 aromatic rings. The van der Waals surface area contributed by atoms with Gasteiger partial charge in [0, 0.05) is 25.6 Å². The third-order valence-electron chi connectivity index (χ3n) is 3.75. The number of rotatable bonds is 6. The van der Waals surface area contributed by atoms with Crippen molar-refractivity contribution in [3.63, 3.8) is 0 Å². The zero-order chi connectivity index (χ0) is 20.8. The number of hydrogen-bond donors (Lipinski definition) is 2. The lowest BCUT2D eigenvalue weighted by Crippen LogP contribution is -2.15. The summed E-state index contributed by atoms with van der Waals surface area (Å²) in [6.45, 7) is 0. The van der Waals surface area contributed by atoms with Gasteiger partial charge in [-0.25, -0.2) is 4.39 Å². The number of anilines is 2. The highest BCUT2D eigenvalue weighted by Gasteiger charge is 2.10. The van der Waals surface area contributed by atoms with Gasteiger partial charge >= 0.3 is 0 Å². The summed E-state index contributed by atoms with van der Waals surface area (Å²) in [6.07, 6.45) is 0. The maximum atomic E-state index is 13.8. The first-order chi connectivity index (χ1) is 13.9. The Morgan fingerprint density at radius 2 is 1.79 bits per heavy atom. The van der Waals surface area contributed by atoms with Crippen molar-refractivity contribution in [3.05, 3.63) is 87.6 Å². The Hall–Kier alpha value is -2.35. The van der Waals surface area contributed by atoms with Gasteiger partial charge in [-0.1, -0.05) is 39.7 Å². The normalized spacial score (nSPS) is 10.4. The van der Waals surface area contributed by atoms with Crippen LogP contribution in [0.15, 0.2) is 76.1 Å². The average Bonchev–Trinajstić information content (AvgIpc) is 2.69. The Kier molecular flexibility index (Phi) is 7.30. The summed E-state index contributed by atoms with van der Waals surface area (Å²) in [5, 5.41) is 5.83. The molecule has 0 bridgehead atoms. The second-order valence-electron chi connectivity index (χ2n) is 5.95. The molecule has 0 spiro atoms. The van der Waals surface area contributed by atoms with Crippen molar-refractivity contribution in [3.8, 4) is 0 Å². The minimum atomic E-state index is -0.511. The molecule has 0 atom stereocenters. The van der Waals surface area contributed by atoms with Crippen molar-refractivity contribution in [2.45, 2.75) is 4.90 Å². The molecule has 2 amide bonds. The summed E-state index contributed by atoms with van der Waals surface area (Å²) in [5.41, 5.74) is 1.17. The van der Waals surface area contributed by atoms with Gasteiger partial charge in [0.05, 0.1) is 11.4 Å². The molecule has 0 aliphatic carbocycles. The van der Waals surface area contributed by atoms with Crippen LogP contribution in [0.2, 0.25) is 5.02 Å². The molecule has 3 rings (SSSR count). The molecular weight excluding hydrogens is 479 g/mol. The Balaban J connectivity index is 1.58. The van der Waals surface area contributed by atoms with Crippen LogP contribution < -0.4 is 10.6 Å². The molecule has 4 nitrogen and oxygen atoms in total. The quantitative estimate of drug-likeness (QED) is 0.401. The maximum Gasteiger partial charge on any atom is 0.255 e. The van der Waals surface area contributed by atoms with E-state index in [9.17, 15) is 14.0 Å². The molecule has 0 saturated carbocycles. The van der Waals surface area contributed by atoms with Crippen molar-refractivity contribution in [2.24, 2.45) is 0 Å². The van der Waals surface area contributed by atoms with Crippen LogP contribution in [-0.4, -0.2) is 17.6 Å². The number of carbonyl (C=O) groups excluding carboxylic acids is 2. The average molecular weight is 494 g/mol. The first kappa shape index (κ1) is 21.4. The second kappa shape index (κ2) is 9.91. The second-order valence-corrected chi connectivity index (χ2v) is 8.35. The molecule has 0 aliphatic rings. The van der Waals surface area contributed by atoms with Crippen molar-refractivity contribution in [2.75, 3.05) is 16.4 Å². The van der Waals surface area contributed by atoms with Crippen LogP contribution in [-0.2, 0) is 4.79 Å². The van der Waals surface area contributed by atoms with E-state index in [4.69, 9.17) is 11.6 Å². The zero-order valence-corrected chi connectivity index (χ0v) is 18.1. The SMILES string of the molecule is O=C(CSc1cccc(NC(=O)c2cccc(Cl)c2)c1)Nc1ccc(Br)cc1F. The highest BCUT2D eigenvalue weighted by Crippen LogP contribution is 2.24. The highest BCUT2D eigenvalue weighted by molar-refractivity contribution is 9.10. The predicted octanol–water partition coefficient (Wildman–Crippen LogP) is 6.22. The first-order valence-corrected chi connectivity index (χ1v) is 10.6. The summed E-state index contributed by atoms with van der Waals surface area (Å²) < 4.78 is 14.4. The molecule has 0 saturated heterocycles. The van der Waals surface area contributed by atoms with E-state index in [1.54, 1.807) is 48.5 Å². The van der Waals surface area contributed by atoms with E-state index >= 15 is 0 Å². The predicted molar refractivity (Wildman–Crippen MR) is 119 cm³/mol. The summed E-state index contributed by atoms with van der Waals surface area (Å²) in [7, 11) is 0. The lowest BCUT2D eigenvalue weighted by atomic mass is 10.2. The summed E-state index contributed by atoms with van der Waals surface area (Å²) in [6, 6.07) is 18.2. The Labute approximate surface area is 185 Å². The molecule has 3 aromatic carbocycles. The molecule has 8 heteroatoms. The minimum absolute atomic E-state index is 0.0984. The Morgan fingerprint density at radius 3 is 2.55 bits per heavy atom. The fraction of sp³-hybridized carbons (Fsp3) is 0.0476. The van der Waals surface area contributed by atoms with E-state index < -0.39 is 5.82 Å². The van der Waals surface area contributed by atoms with Gasteiger partial charge < -0.3 is 10.6 Å². The van der Waals surface area contributed by atoms with Gasteiger partial charge in [0.25, 0.3) is 5.91 Å². The topological polar surface area (TPSA) is 58.2 Å². The largest absolute Gasteiger partial charge is 0.323 e. The van der Waals surface area contributed by atoms with Gasteiger partial charge in [0.1, 0.15) is 5.82 Å². The van der Waals surface area contributed by atoms with Crippen LogP contribution >= 0.6 is 39.3 Å². The van der Waals surface area contributed by atoms with Crippen molar-refractivity contribution >= 4 is 62.5 Å². The lowest BCUT2D eigenvalue weighted by molar-refractivity contribution is -0.113. The third-order valence-corrected chi connectivity index (χ3v) is 5.48. The third kappa shape index (κ3) is 6.32. The van der Waals surface area contributed by atoms with Gasteiger partial charge in [-0.2, -0.15) is 0 Å². The van der Waals surface area contributed by atoms with Gasteiger partial charge in [-0.15, -0.1) is 11.8 Å². The molecule has 2 N–H and O–H groups in total. The molecule has 0 heterocycles. The van der Waals surface area contributed by atoms with E-state index in [2.05, 4.69) is 26.6 Å². The maximum absolute atomic E-state index is 13.8. The zero-order valence-electron chi connectivity index (χ0n) is 14.9. The van der Waals surface area contributed by atoms with Crippen molar-refractivity contribution < 1.29 is 14.0 Å². The number of amides is 2. The summed E-state index contributed by atoms with van der Waals surface area (Å²) in [5.74, 6) is -1.02. The van der Waals surface area contributed by atoms with Crippen molar-refractivity contribution in [1.82, 2.24) is 0 Å². The van der Waals surface area contributed by atoms with Crippen molar-refractivity contribution in [1.29, 1.82) is 0 Å². The first-order valence-electron chi connectivity index (χ1n) is 8.45. The van der Waals surface area contributed by atoms with E-state index in [-0.39, 0.29) is 23.3 Å². The van der Waals surface area contributed by atoms with Gasteiger partial charge in [0.15, 0.2) is 0 Å². The van der Waals surface area contributed by atoms with Crippen LogP contribution in [0.5, 0.6) is 0 Å². The molecule has 0 aliphatic heterocycles. The van der Waals surface area contributed by atoms with E-state index in [1.807, 2.05) is 6.07 Å². The van der Waals surface area contributed by atoms with E-state index in [1.165, 1.54) is 23.9 Å². The highest BCUT2D eigenvalue weighted by atomic mass is 79.9. The smallest absolute Gasteiger partial charge is 0.255 e. The van der Waals surface area contributed by atoms with E-state index in [0.717, 1.165) is 4.90 Å². The lowest BCUT2D eigenvalue weighted by Gasteiger charge is -2.09. The van der Waals surface area contributed by atoms with Crippen LogP contribution in [0.1, 0.15) is 10.4 Å². The monoisotopic (exact) mass is 492 g/mol. The van der Waals surface area contributed by atoms with Crippen LogP contribution in [0.25, 0.3) is 0 Å². The molecular formula is C21H15BrClFN2O2S. The standard InChI is InChI=1S/C21H15BrClFN2O2S/c22-14-7-8-19(18(24)10-14)26-20(27)12-29-17-6-2-5-16(11-17)25-21(28)13-3-1-4-15(23)9-13/h1-11H,12H2,(H,25,28)(H,26,27). The fourth-order valence-corrected chi connectivity index (χ4v) is 3.70. The van der Waals surface area contributed by atoms with Crippen LogP contribution in [0.3, 0.4) is 0 Å². The number of halogens is 3. The van der Waals surface area contributed by atoms with Gasteiger partial charge in [-0.3, -0.25) is 9.59 Å². The molecule has 0 unspecified atom stereocenters. The minimum Gasteiger partial charge on any atom is -0.323 e.